The van der Waals surface area contributed by atoms with Crippen molar-refractivity contribution in [2.45, 2.75) is 29.4 Å². The number of primary amides is 2. The van der Waals surface area contributed by atoms with Crippen LogP contribution in [0, 0.1) is 11.8 Å². The molecule has 1 aromatic carbocycles. The SMILES string of the molecule is CN(C)c1ccc(O)c2c1SC1CC3CC(=O)C(C(N)=O)=C(O)C3C(=O)C1=C2O.NC(=O)C1=CCC(=S)C=C1. The van der Waals surface area contributed by atoms with Gasteiger partial charge in [-0.1, -0.05) is 18.3 Å². The maximum atomic E-state index is 13.2. The molecule has 1 heterocycles. The van der Waals surface area contributed by atoms with E-state index in [4.69, 9.17) is 23.7 Å². The van der Waals surface area contributed by atoms with Gasteiger partial charge in [0, 0.05) is 47.5 Å². The number of hydrogen-bond acceptors (Lipinski definition) is 10. The summed E-state index contributed by atoms with van der Waals surface area (Å²) in [4.78, 5) is 51.0. The molecule has 3 unspecified atom stereocenters. The lowest BCUT2D eigenvalue weighted by Crippen LogP contribution is -2.44. The second-order valence-corrected chi connectivity index (χ2v) is 11.4. The number of hydrogen-bond donors (Lipinski definition) is 5. The van der Waals surface area contributed by atoms with Gasteiger partial charge in [-0.05, 0) is 36.6 Å². The smallest absolute Gasteiger partial charge is 0.255 e. The lowest BCUT2D eigenvalue weighted by molar-refractivity contribution is -0.126. The van der Waals surface area contributed by atoms with Gasteiger partial charge in [-0.15, -0.1) is 11.8 Å². The summed E-state index contributed by atoms with van der Waals surface area (Å²) in [5.74, 6) is -5.31. The van der Waals surface area contributed by atoms with Gasteiger partial charge in [0.2, 0.25) is 5.91 Å². The van der Waals surface area contributed by atoms with Crippen molar-refractivity contribution in [3.8, 4) is 5.75 Å². The maximum absolute atomic E-state index is 13.2. The molecule has 204 valence electrons. The van der Waals surface area contributed by atoms with E-state index in [0.717, 1.165) is 10.6 Å². The topological polar surface area (TPSA) is 184 Å². The highest BCUT2D eigenvalue weighted by molar-refractivity contribution is 8.00. The van der Waals surface area contributed by atoms with Crippen LogP contribution in [-0.2, 0) is 19.2 Å². The molecule has 0 spiro atoms. The van der Waals surface area contributed by atoms with Gasteiger partial charge in [0.25, 0.3) is 5.91 Å². The zero-order valence-corrected chi connectivity index (χ0v) is 22.8. The normalized spacial score (nSPS) is 23.7. The molecule has 3 atom stereocenters. The van der Waals surface area contributed by atoms with Crippen LogP contribution in [0.4, 0.5) is 5.69 Å². The summed E-state index contributed by atoms with van der Waals surface area (Å²) in [6.45, 7) is 0. The van der Waals surface area contributed by atoms with Crippen LogP contribution in [0.25, 0.3) is 5.76 Å². The van der Waals surface area contributed by atoms with Crippen LogP contribution in [0.1, 0.15) is 24.8 Å². The fourth-order valence-electron chi connectivity index (χ4n) is 5.15. The van der Waals surface area contributed by atoms with Crippen LogP contribution < -0.4 is 16.4 Å². The molecule has 7 N–H and O–H groups in total. The zero-order valence-electron chi connectivity index (χ0n) is 21.1. The molecule has 4 aliphatic rings. The van der Waals surface area contributed by atoms with Crippen LogP contribution in [0.2, 0.25) is 0 Å². The summed E-state index contributed by atoms with van der Waals surface area (Å²) in [6, 6.07) is 3.18. The van der Waals surface area contributed by atoms with E-state index in [1.54, 1.807) is 24.3 Å². The fourth-order valence-corrected chi connectivity index (χ4v) is 6.96. The third-order valence-electron chi connectivity index (χ3n) is 6.99. The number of thiocarbonyl (C=S) groups is 1. The molecule has 3 aliphatic carbocycles. The van der Waals surface area contributed by atoms with Gasteiger partial charge in [0.1, 0.15) is 22.8 Å². The Bertz CT molecular complexity index is 1460. The molecule has 10 nitrogen and oxygen atoms in total. The number of phenols is 1. The molecule has 5 rings (SSSR count). The number of allylic oxidation sites excluding steroid dienone is 3. The van der Waals surface area contributed by atoms with E-state index in [2.05, 4.69) is 0 Å². The number of aliphatic hydroxyl groups is 2. The van der Waals surface area contributed by atoms with E-state index in [9.17, 15) is 34.5 Å². The minimum absolute atomic E-state index is 0.0721. The first-order valence-electron chi connectivity index (χ1n) is 12.0. The van der Waals surface area contributed by atoms with Crippen molar-refractivity contribution in [1.82, 2.24) is 0 Å². The first-order chi connectivity index (χ1) is 18.3. The van der Waals surface area contributed by atoms with E-state index in [1.807, 2.05) is 19.0 Å². The van der Waals surface area contributed by atoms with Crippen LogP contribution in [0.15, 0.2) is 57.7 Å². The highest BCUT2D eigenvalue weighted by Crippen LogP contribution is 2.55. The third kappa shape index (κ3) is 5.09. The number of rotatable bonds is 3. The highest BCUT2D eigenvalue weighted by atomic mass is 32.2. The summed E-state index contributed by atoms with van der Waals surface area (Å²) >= 11 is 6.20. The summed E-state index contributed by atoms with van der Waals surface area (Å²) < 4.78 is 0. The van der Waals surface area contributed by atoms with Gasteiger partial charge >= 0.3 is 0 Å². The lowest BCUT2D eigenvalue weighted by Gasteiger charge is -2.41. The number of nitrogens with two attached hydrogens (primary N) is 2. The number of anilines is 1. The molecule has 0 aromatic heterocycles. The molecule has 0 bridgehead atoms. The molecule has 1 saturated carbocycles. The van der Waals surface area contributed by atoms with Crippen molar-refractivity contribution in [1.29, 1.82) is 0 Å². The van der Waals surface area contributed by atoms with Crippen LogP contribution in [-0.4, -0.2) is 62.9 Å². The number of aromatic hydroxyl groups is 1. The quantitative estimate of drug-likeness (QED) is 0.267. The number of nitrogens with zero attached hydrogens (tertiary/aromatic N) is 1. The Morgan fingerprint density at radius 1 is 1.08 bits per heavy atom. The van der Waals surface area contributed by atoms with Gasteiger partial charge in [0.15, 0.2) is 11.6 Å². The van der Waals surface area contributed by atoms with E-state index in [1.165, 1.54) is 17.8 Å². The summed E-state index contributed by atoms with van der Waals surface area (Å²) in [5, 5.41) is 31.3. The Hall–Kier alpha value is -3.90. The summed E-state index contributed by atoms with van der Waals surface area (Å²) in [5.41, 5.74) is 11.3. The molecule has 1 aliphatic heterocycles. The summed E-state index contributed by atoms with van der Waals surface area (Å²) in [7, 11) is 3.67. The number of ketones is 2. The van der Waals surface area contributed by atoms with Crippen molar-refractivity contribution in [3.63, 3.8) is 0 Å². The number of carbonyl (C=O) groups is 4. The van der Waals surface area contributed by atoms with Gasteiger partial charge in [-0.3, -0.25) is 19.2 Å². The average Bonchev–Trinajstić information content (AvgIpc) is 2.83. The number of fused-ring (bicyclic) bond motifs is 3. The van der Waals surface area contributed by atoms with Gasteiger partial charge in [-0.2, -0.15) is 0 Å². The predicted molar refractivity (Wildman–Crippen MR) is 150 cm³/mol. The standard InChI is InChI=1S/C20H20N2O6S.C7H7NOS/c1-22(2)8-3-4-9(23)13-18(27)15-11(29-19(8)13)6-7-5-10(24)14(20(21)28)16(25)12(7)17(15)26;8-7(9)5-1-3-6(10)4-2-5/h3-4,7,11-12,23,25,27H,5-6H2,1-2H3,(H2,21,28);1-3H,4H2,(H2,8,9). The molecule has 2 amide bonds. The first-order valence-corrected chi connectivity index (χ1v) is 13.3. The Morgan fingerprint density at radius 3 is 2.33 bits per heavy atom. The number of thioether (sulfide) groups is 1. The van der Waals surface area contributed by atoms with E-state index in [-0.39, 0.29) is 29.1 Å². The molecule has 1 fully saturated rings. The molecular formula is C27H27N3O7S2. The largest absolute Gasteiger partial charge is 0.511 e. The van der Waals surface area contributed by atoms with Crippen LogP contribution in [0.3, 0.4) is 0 Å². The highest BCUT2D eigenvalue weighted by Gasteiger charge is 2.51. The van der Waals surface area contributed by atoms with Crippen molar-refractivity contribution in [3.05, 3.63) is 58.4 Å². The van der Waals surface area contributed by atoms with Crippen molar-refractivity contribution in [2.75, 3.05) is 19.0 Å². The van der Waals surface area contributed by atoms with E-state index < -0.39 is 51.8 Å². The minimum Gasteiger partial charge on any atom is -0.511 e. The van der Waals surface area contributed by atoms with E-state index >= 15 is 0 Å². The van der Waals surface area contributed by atoms with E-state index in [0.29, 0.717) is 23.3 Å². The Balaban J connectivity index is 0.000000298. The predicted octanol–water partition coefficient (Wildman–Crippen LogP) is 2.40. The number of amides is 2. The average molecular weight is 570 g/mol. The van der Waals surface area contributed by atoms with Crippen LogP contribution in [0.5, 0.6) is 5.75 Å². The Morgan fingerprint density at radius 2 is 1.77 bits per heavy atom. The van der Waals surface area contributed by atoms with Crippen molar-refractivity contribution in [2.24, 2.45) is 23.3 Å². The number of benzene rings is 1. The Kier molecular flexibility index (Phi) is 7.71. The molecule has 39 heavy (non-hydrogen) atoms. The van der Waals surface area contributed by atoms with Crippen LogP contribution >= 0.6 is 24.0 Å². The van der Waals surface area contributed by atoms with Gasteiger partial charge in [0.05, 0.1) is 22.7 Å². The second kappa shape index (κ2) is 10.7. The van der Waals surface area contributed by atoms with Gasteiger partial charge in [-0.25, -0.2) is 0 Å². The Labute approximate surface area is 233 Å². The second-order valence-electron chi connectivity index (χ2n) is 9.69. The molecule has 0 radical (unpaired) electrons. The molecule has 12 heteroatoms. The maximum Gasteiger partial charge on any atom is 0.255 e. The fraction of sp³-hybridized carbons (Fsp3) is 0.296. The number of carbonyl (C=O) groups excluding carboxylic acids is 4. The van der Waals surface area contributed by atoms with Crippen molar-refractivity contribution < 1.29 is 34.5 Å². The van der Waals surface area contributed by atoms with Gasteiger partial charge < -0.3 is 31.7 Å². The first kappa shape index (κ1) is 28.1. The number of phenolic OH excluding ortho intramolecular Hbond substituents is 1. The zero-order chi connectivity index (χ0) is 28.8. The molecule has 0 saturated heterocycles. The summed E-state index contributed by atoms with van der Waals surface area (Å²) in [6.07, 6.45) is 6.06. The molecular weight excluding hydrogens is 542 g/mol. The lowest BCUT2D eigenvalue weighted by atomic mass is 9.67. The monoisotopic (exact) mass is 569 g/mol. The minimum atomic E-state index is -1.11. The third-order valence-corrected chi connectivity index (χ3v) is 8.65. The van der Waals surface area contributed by atoms with Crippen molar-refractivity contribution >= 4 is 63.7 Å². The number of Topliss-reactive ketones (excluding diaryl/α,β-unsaturated/α-hetero) is 2. The molecule has 1 aromatic rings. The number of aliphatic hydroxyl groups excluding tert-OH is 2.